The van der Waals surface area contributed by atoms with Crippen molar-refractivity contribution in [2.75, 3.05) is 16.8 Å². The molecule has 0 spiro atoms. The number of hydrazone groups is 1. The molecule has 14 heteroatoms. The van der Waals surface area contributed by atoms with Crippen LogP contribution in [0.3, 0.4) is 0 Å². The van der Waals surface area contributed by atoms with Gasteiger partial charge >= 0.3 is 12.1 Å². The first kappa shape index (κ1) is 31.4. The van der Waals surface area contributed by atoms with Gasteiger partial charge in [-0.2, -0.15) is 10.2 Å². The van der Waals surface area contributed by atoms with Crippen LogP contribution in [-0.2, 0) is 4.79 Å². The molecule has 1 fully saturated rings. The third kappa shape index (κ3) is 6.74. The van der Waals surface area contributed by atoms with Gasteiger partial charge in [0.25, 0.3) is 5.91 Å². The minimum atomic E-state index is -1.29. The normalized spacial score (nSPS) is 16.4. The molecule has 1 aliphatic heterocycles. The van der Waals surface area contributed by atoms with Crippen molar-refractivity contribution in [3.8, 4) is 0 Å². The highest BCUT2D eigenvalue weighted by molar-refractivity contribution is 6.42. The maximum Gasteiger partial charge on any atom is 0.347 e. The topological polar surface area (TPSA) is 118 Å². The summed E-state index contributed by atoms with van der Waals surface area (Å²) in [6.07, 6.45) is -1.28. The molecule has 4 rings (SSSR count). The molecular weight excluding hydrogens is 626 g/mol. The Morgan fingerprint density at radius 2 is 1.64 bits per heavy atom. The van der Waals surface area contributed by atoms with Crippen molar-refractivity contribution >= 4 is 81.5 Å². The average Bonchev–Trinajstić information content (AvgIpc) is 3.13. The van der Waals surface area contributed by atoms with Crippen LogP contribution in [0.2, 0.25) is 20.1 Å². The lowest BCUT2D eigenvalue weighted by atomic mass is 9.99. The molecule has 1 heterocycles. The lowest BCUT2D eigenvalue weighted by Crippen LogP contribution is -2.58. The molecule has 5 amide bonds. The van der Waals surface area contributed by atoms with Gasteiger partial charge in [0.2, 0.25) is 0 Å². The number of hydrogen-bond donors (Lipinski definition) is 3. The van der Waals surface area contributed by atoms with E-state index in [0.717, 1.165) is 0 Å². The number of hydroxylamine groups is 2. The van der Waals surface area contributed by atoms with Crippen LogP contribution in [-0.4, -0.2) is 57.1 Å². The van der Waals surface area contributed by atoms with Crippen molar-refractivity contribution in [3.05, 3.63) is 92.4 Å². The van der Waals surface area contributed by atoms with Gasteiger partial charge in [-0.1, -0.05) is 64.6 Å². The molecule has 0 aliphatic carbocycles. The summed E-state index contributed by atoms with van der Waals surface area (Å²) < 4.78 is 0. The lowest BCUT2D eigenvalue weighted by molar-refractivity contribution is -0.124. The van der Waals surface area contributed by atoms with Gasteiger partial charge in [0.1, 0.15) is 6.54 Å². The number of hydrogen-bond acceptors (Lipinski definition) is 5. The molecule has 0 saturated carbocycles. The van der Waals surface area contributed by atoms with Crippen LogP contribution in [0, 0.1) is 0 Å². The van der Waals surface area contributed by atoms with Gasteiger partial charge < -0.3 is 10.2 Å². The summed E-state index contributed by atoms with van der Waals surface area (Å²) in [6, 6.07) is 16.1. The second-order valence-corrected chi connectivity index (χ2v) is 11.6. The second kappa shape index (κ2) is 12.8. The highest BCUT2D eigenvalue weighted by Gasteiger charge is 2.56. The minimum absolute atomic E-state index is 0.302. The van der Waals surface area contributed by atoms with Crippen LogP contribution in [0.1, 0.15) is 26.3 Å². The first-order chi connectivity index (χ1) is 19.8. The first-order valence-corrected chi connectivity index (χ1v) is 14.0. The molecule has 1 saturated heterocycles. The fourth-order valence-electron chi connectivity index (χ4n) is 4.46. The van der Waals surface area contributed by atoms with Crippen LogP contribution in [0.4, 0.5) is 21.0 Å². The predicted octanol–water partition coefficient (Wildman–Crippen LogP) is 7.11. The van der Waals surface area contributed by atoms with E-state index in [1.54, 1.807) is 75.4 Å². The Balaban J connectivity index is 1.60. The third-order valence-corrected chi connectivity index (χ3v) is 7.81. The van der Waals surface area contributed by atoms with E-state index in [9.17, 15) is 19.6 Å². The summed E-state index contributed by atoms with van der Waals surface area (Å²) in [7, 11) is 0. The van der Waals surface area contributed by atoms with Crippen LogP contribution in [0.25, 0.3) is 0 Å². The van der Waals surface area contributed by atoms with Gasteiger partial charge in [0.15, 0.2) is 6.17 Å². The van der Waals surface area contributed by atoms with Crippen molar-refractivity contribution < 1.29 is 19.6 Å². The monoisotopic (exact) mass is 650 g/mol. The average molecular weight is 652 g/mol. The Morgan fingerprint density at radius 1 is 0.976 bits per heavy atom. The molecule has 3 aromatic carbocycles. The Morgan fingerprint density at radius 3 is 2.29 bits per heavy atom. The minimum Gasteiger partial charge on any atom is -0.306 e. The number of benzene rings is 3. The van der Waals surface area contributed by atoms with Crippen molar-refractivity contribution in [1.82, 2.24) is 15.4 Å². The van der Waals surface area contributed by atoms with Crippen molar-refractivity contribution in [2.24, 2.45) is 5.10 Å². The number of anilines is 2. The van der Waals surface area contributed by atoms with Gasteiger partial charge in [-0.05, 0) is 74.9 Å². The van der Waals surface area contributed by atoms with E-state index in [4.69, 9.17) is 46.4 Å². The number of halogens is 4. The highest BCUT2D eigenvalue weighted by Crippen LogP contribution is 2.38. The number of carbonyl (C=O) groups excluding carboxylic acids is 3. The first-order valence-electron chi connectivity index (χ1n) is 12.5. The molecule has 3 N–H and O–H groups in total. The largest absolute Gasteiger partial charge is 0.347 e. The van der Waals surface area contributed by atoms with E-state index < -0.39 is 36.2 Å². The molecule has 0 aromatic heterocycles. The highest BCUT2D eigenvalue weighted by atomic mass is 35.5. The molecule has 220 valence electrons. The number of amides is 5. The second-order valence-electron chi connectivity index (χ2n) is 9.89. The number of urea groups is 2. The summed E-state index contributed by atoms with van der Waals surface area (Å²) in [5.41, 5.74) is 2.86. The predicted molar refractivity (Wildman–Crippen MR) is 165 cm³/mol. The van der Waals surface area contributed by atoms with Crippen molar-refractivity contribution in [1.29, 1.82) is 0 Å². The van der Waals surface area contributed by atoms with Crippen molar-refractivity contribution in [2.45, 2.75) is 32.5 Å². The van der Waals surface area contributed by atoms with Crippen LogP contribution >= 0.6 is 46.4 Å². The zero-order chi connectivity index (χ0) is 30.8. The van der Waals surface area contributed by atoms with Crippen LogP contribution < -0.4 is 15.6 Å². The van der Waals surface area contributed by atoms with Gasteiger partial charge in [-0.25, -0.2) is 15.0 Å². The Hall–Kier alpha value is -3.54. The quantitative estimate of drug-likeness (QED) is 0.143. The number of rotatable bonds is 7. The third-order valence-electron chi connectivity index (χ3n) is 6.60. The number of carbonyl (C=O) groups is 3. The van der Waals surface area contributed by atoms with E-state index in [2.05, 4.69) is 15.8 Å². The van der Waals surface area contributed by atoms with E-state index in [-0.39, 0.29) is 0 Å². The molecule has 3 aromatic rings. The lowest BCUT2D eigenvalue weighted by Gasteiger charge is -2.38. The van der Waals surface area contributed by atoms with Crippen LogP contribution in [0.5, 0.6) is 0 Å². The number of nitrogens with zero attached hydrogens (tertiary/aromatic N) is 4. The van der Waals surface area contributed by atoms with Crippen molar-refractivity contribution in [3.63, 3.8) is 0 Å². The zero-order valence-corrected chi connectivity index (χ0v) is 25.6. The van der Waals surface area contributed by atoms with Crippen LogP contribution in [0.15, 0.2) is 71.8 Å². The summed E-state index contributed by atoms with van der Waals surface area (Å²) in [5.74, 6) is -0.615. The molecule has 1 unspecified atom stereocenters. The molecule has 42 heavy (non-hydrogen) atoms. The molecule has 0 radical (unpaired) electrons. The molecule has 0 bridgehead atoms. The summed E-state index contributed by atoms with van der Waals surface area (Å²) >= 11 is 24.3. The van der Waals surface area contributed by atoms with E-state index in [1.807, 2.05) is 0 Å². The maximum absolute atomic E-state index is 13.8. The Labute approximate surface area is 262 Å². The van der Waals surface area contributed by atoms with Gasteiger partial charge in [0.05, 0.1) is 21.3 Å². The van der Waals surface area contributed by atoms with E-state index >= 15 is 0 Å². The van der Waals surface area contributed by atoms with E-state index in [0.29, 0.717) is 47.8 Å². The standard InChI is InChI=1S/C28H26Cl4N6O4/c1-16(17-10-11-22(31)23(32)12-17)34-35-24(39)15-36-27(41)37(21-9-5-7-19(30)14-21)25(28(36,2)3)38(42)26(40)33-20-8-4-6-18(29)13-20/h4-14,25,42H,15H2,1-3H3,(H,33,40)(H,35,39). The van der Waals surface area contributed by atoms with Gasteiger partial charge in [-0.15, -0.1) is 0 Å². The Kier molecular flexibility index (Phi) is 9.54. The van der Waals surface area contributed by atoms with Gasteiger partial charge in [-0.3, -0.25) is 14.9 Å². The zero-order valence-electron chi connectivity index (χ0n) is 22.6. The van der Waals surface area contributed by atoms with Gasteiger partial charge in [0, 0.05) is 21.4 Å². The molecule has 1 aliphatic rings. The fraction of sp³-hybridized carbons (Fsp3) is 0.214. The summed E-state index contributed by atoms with van der Waals surface area (Å²) in [4.78, 5) is 42.4. The summed E-state index contributed by atoms with van der Waals surface area (Å²) in [5, 5.41) is 19.7. The summed E-state index contributed by atoms with van der Waals surface area (Å²) in [6.45, 7) is 4.46. The Bertz CT molecular complexity index is 1570. The smallest absolute Gasteiger partial charge is 0.306 e. The molecule has 10 nitrogen and oxygen atoms in total. The number of nitrogens with one attached hydrogen (secondary N) is 2. The SMILES string of the molecule is CC(=NNC(=O)CN1C(=O)N(c2cccc(Cl)c2)C(N(O)C(=O)Nc2cccc(Cl)c2)C1(C)C)c1ccc(Cl)c(Cl)c1. The fourth-order valence-corrected chi connectivity index (χ4v) is 5.14. The maximum atomic E-state index is 13.8. The van der Waals surface area contributed by atoms with E-state index in [1.165, 1.54) is 21.9 Å². The molecule has 1 atom stereocenters. The molecular formula is C28H26Cl4N6O4.